The molecular formula is C20H15FN4O2. The quantitative estimate of drug-likeness (QED) is 0.721. The van der Waals surface area contributed by atoms with Crippen LogP contribution in [0.2, 0.25) is 0 Å². The Hall–Kier alpha value is -3.53. The van der Waals surface area contributed by atoms with Crippen LogP contribution < -0.4 is 0 Å². The third-order valence-electron chi connectivity index (χ3n) is 4.74. The molecule has 2 aromatic carbocycles. The van der Waals surface area contributed by atoms with E-state index >= 15 is 0 Å². The van der Waals surface area contributed by atoms with Crippen molar-refractivity contribution in [3.63, 3.8) is 0 Å². The second-order valence-corrected chi connectivity index (χ2v) is 6.86. The largest absolute Gasteiger partial charge is 0.451 e. The SMILES string of the molecule is CC1(C)OC(=O)c2ccc(C(c3ncn[nH]3)c3ccc(C#N)cc3F)cc21. The average molecular weight is 362 g/mol. The predicted octanol–water partition coefficient (Wildman–Crippen LogP) is 3.40. The minimum Gasteiger partial charge on any atom is -0.451 e. The van der Waals surface area contributed by atoms with Crippen molar-refractivity contribution in [1.82, 2.24) is 15.2 Å². The number of aromatic nitrogens is 3. The number of nitriles is 1. The first-order valence-corrected chi connectivity index (χ1v) is 8.33. The summed E-state index contributed by atoms with van der Waals surface area (Å²) < 4.78 is 20.2. The molecule has 1 atom stereocenters. The van der Waals surface area contributed by atoms with Crippen molar-refractivity contribution in [2.75, 3.05) is 0 Å². The van der Waals surface area contributed by atoms with Crippen LogP contribution in [0.25, 0.3) is 0 Å². The molecule has 7 heteroatoms. The lowest BCUT2D eigenvalue weighted by Crippen LogP contribution is -2.17. The second-order valence-electron chi connectivity index (χ2n) is 6.86. The van der Waals surface area contributed by atoms with Crippen LogP contribution in [-0.4, -0.2) is 21.2 Å². The molecule has 4 rings (SSSR count). The molecule has 0 saturated heterocycles. The zero-order chi connectivity index (χ0) is 19.2. The van der Waals surface area contributed by atoms with Gasteiger partial charge in [0.2, 0.25) is 0 Å². The molecule has 3 aromatic rings. The van der Waals surface area contributed by atoms with Crippen molar-refractivity contribution in [2.45, 2.75) is 25.4 Å². The van der Waals surface area contributed by atoms with Crippen molar-refractivity contribution in [1.29, 1.82) is 5.26 Å². The summed E-state index contributed by atoms with van der Waals surface area (Å²) in [5, 5.41) is 15.7. The Morgan fingerprint density at radius 1 is 1.26 bits per heavy atom. The fourth-order valence-corrected chi connectivity index (χ4v) is 3.43. The van der Waals surface area contributed by atoms with E-state index in [4.69, 9.17) is 10.00 Å². The molecule has 0 spiro atoms. The summed E-state index contributed by atoms with van der Waals surface area (Å²) >= 11 is 0. The van der Waals surface area contributed by atoms with Crippen LogP contribution in [0.15, 0.2) is 42.7 Å². The van der Waals surface area contributed by atoms with E-state index in [1.165, 1.54) is 12.4 Å². The number of H-pyrrole nitrogens is 1. The number of aromatic amines is 1. The number of hydrogen-bond acceptors (Lipinski definition) is 5. The summed E-state index contributed by atoms with van der Waals surface area (Å²) in [6.45, 7) is 3.62. The van der Waals surface area contributed by atoms with E-state index in [2.05, 4.69) is 15.2 Å². The van der Waals surface area contributed by atoms with Gasteiger partial charge in [0.05, 0.1) is 23.1 Å². The molecule has 1 unspecified atom stereocenters. The number of rotatable bonds is 3. The molecule has 0 radical (unpaired) electrons. The summed E-state index contributed by atoms with van der Waals surface area (Å²) in [5.74, 6) is -0.997. The maximum atomic E-state index is 14.8. The first-order chi connectivity index (χ1) is 12.9. The van der Waals surface area contributed by atoms with Gasteiger partial charge in [-0.1, -0.05) is 12.1 Å². The number of halogens is 1. The monoisotopic (exact) mass is 362 g/mol. The molecule has 6 nitrogen and oxygen atoms in total. The Bertz CT molecular complexity index is 1080. The lowest BCUT2D eigenvalue weighted by molar-refractivity contribution is 0.00952. The highest BCUT2D eigenvalue weighted by Crippen LogP contribution is 2.39. The van der Waals surface area contributed by atoms with Crippen LogP contribution in [0.1, 0.15) is 58.2 Å². The molecule has 0 amide bonds. The zero-order valence-electron chi connectivity index (χ0n) is 14.7. The number of nitrogens with one attached hydrogen (secondary N) is 1. The van der Waals surface area contributed by atoms with Crippen LogP contribution >= 0.6 is 0 Å². The van der Waals surface area contributed by atoms with Crippen molar-refractivity contribution < 1.29 is 13.9 Å². The highest BCUT2D eigenvalue weighted by atomic mass is 19.1. The Balaban J connectivity index is 1.90. The topological polar surface area (TPSA) is 91.7 Å². The third kappa shape index (κ3) is 2.75. The zero-order valence-corrected chi connectivity index (χ0v) is 14.7. The first-order valence-electron chi connectivity index (χ1n) is 8.33. The number of esters is 1. The predicted molar refractivity (Wildman–Crippen MR) is 93.3 cm³/mol. The van der Waals surface area contributed by atoms with E-state index in [0.717, 1.165) is 11.1 Å². The normalized spacial score (nSPS) is 15.7. The molecule has 0 aliphatic carbocycles. The highest BCUT2D eigenvalue weighted by molar-refractivity contribution is 5.94. The third-order valence-corrected chi connectivity index (χ3v) is 4.74. The molecule has 0 fully saturated rings. The van der Waals surface area contributed by atoms with Gasteiger partial charge in [-0.2, -0.15) is 10.4 Å². The van der Waals surface area contributed by atoms with Crippen molar-refractivity contribution in [3.8, 4) is 6.07 Å². The van der Waals surface area contributed by atoms with Gasteiger partial charge in [0.25, 0.3) is 0 Å². The van der Waals surface area contributed by atoms with E-state index in [-0.39, 0.29) is 11.5 Å². The van der Waals surface area contributed by atoms with Crippen LogP contribution in [0.4, 0.5) is 4.39 Å². The maximum Gasteiger partial charge on any atom is 0.339 e. The molecule has 1 aromatic heterocycles. The number of hydrogen-bond donors (Lipinski definition) is 1. The van der Waals surface area contributed by atoms with Crippen LogP contribution in [0.3, 0.4) is 0 Å². The Kier molecular flexibility index (Phi) is 3.77. The minimum absolute atomic E-state index is 0.238. The van der Waals surface area contributed by atoms with Gasteiger partial charge in [-0.15, -0.1) is 0 Å². The second kappa shape index (κ2) is 6.02. The number of cyclic esters (lactones) is 1. The van der Waals surface area contributed by atoms with Crippen molar-refractivity contribution >= 4 is 5.97 Å². The first kappa shape index (κ1) is 16.9. The van der Waals surface area contributed by atoms with Gasteiger partial charge in [0, 0.05) is 11.1 Å². The maximum absolute atomic E-state index is 14.8. The number of fused-ring (bicyclic) bond motifs is 1. The Morgan fingerprint density at radius 3 is 2.74 bits per heavy atom. The van der Waals surface area contributed by atoms with Gasteiger partial charge in [0.15, 0.2) is 0 Å². The van der Waals surface area contributed by atoms with E-state index in [0.29, 0.717) is 17.0 Å². The van der Waals surface area contributed by atoms with E-state index < -0.39 is 17.3 Å². The fourth-order valence-electron chi connectivity index (χ4n) is 3.43. The van der Waals surface area contributed by atoms with Gasteiger partial charge in [0.1, 0.15) is 23.6 Å². The Morgan fingerprint density at radius 2 is 2.07 bits per heavy atom. The molecule has 27 heavy (non-hydrogen) atoms. The van der Waals surface area contributed by atoms with Gasteiger partial charge in [-0.05, 0) is 43.7 Å². The van der Waals surface area contributed by atoms with Gasteiger partial charge < -0.3 is 4.74 Å². The molecule has 0 bridgehead atoms. The number of carbonyl (C=O) groups is 1. The Labute approximate surface area is 154 Å². The van der Waals surface area contributed by atoms with Crippen molar-refractivity contribution in [2.24, 2.45) is 0 Å². The number of ether oxygens (including phenoxy) is 1. The minimum atomic E-state index is -0.766. The summed E-state index contributed by atoms with van der Waals surface area (Å²) in [6, 6.07) is 11.5. The van der Waals surface area contributed by atoms with E-state index in [9.17, 15) is 9.18 Å². The summed E-state index contributed by atoms with van der Waals surface area (Å²) in [5.41, 5.74) is 1.80. The lowest BCUT2D eigenvalue weighted by Gasteiger charge is -2.21. The molecule has 0 saturated carbocycles. The van der Waals surface area contributed by atoms with Crippen molar-refractivity contribution in [3.05, 3.63) is 82.2 Å². The van der Waals surface area contributed by atoms with E-state index in [1.807, 2.05) is 26.0 Å². The standard InChI is InChI=1S/C20H15FN4O2/c1-20(2)15-8-12(4-6-13(15)19(26)27-20)17(18-23-10-24-25-18)14-5-3-11(9-22)7-16(14)21/h3-8,10,17H,1-2H3,(H,23,24,25). The smallest absolute Gasteiger partial charge is 0.339 e. The molecule has 1 aliphatic rings. The molecule has 1 aliphatic heterocycles. The summed E-state index contributed by atoms with van der Waals surface area (Å²) in [7, 11) is 0. The van der Waals surface area contributed by atoms with Crippen LogP contribution in [0, 0.1) is 17.1 Å². The average Bonchev–Trinajstić information content (AvgIpc) is 3.24. The molecule has 134 valence electrons. The summed E-state index contributed by atoms with van der Waals surface area (Å²) in [4.78, 5) is 16.2. The van der Waals surface area contributed by atoms with Crippen LogP contribution in [0.5, 0.6) is 0 Å². The van der Waals surface area contributed by atoms with Gasteiger partial charge in [-0.25, -0.2) is 14.2 Å². The lowest BCUT2D eigenvalue weighted by atomic mass is 9.85. The molecule has 2 heterocycles. The highest BCUT2D eigenvalue weighted by Gasteiger charge is 2.38. The molecular weight excluding hydrogens is 347 g/mol. The molecule has 1 N–H and O–H groups in total. The summed E-state index contributed by atoms with van der Waals surface area (Å²) in [6.07, 6.45) is 1.35. The number of carbonyl (C=O) groups excluding carboxylic acids is 1. The fraction of sp³-hybridized carbons (Fsp3) is 0.200. The van der Waals surface area contributed by atoms with Gasteiger partial charge in [-0.3, -0.25) is 5.10 Å². The van der Waals surface area contributed by atoms with Crippen LogP contribution in [-0.2, 0) is 10.3 Å². The number of benzene rings is 2. The van der Waals surface area contributed by atoms with Gasteiger partial charge >= 0.3 is 5.97 Å². The van der Waals surface area contributed by atoms with E-state index in [1.54, 1.807) is 24.3 Å². The number of nitrogens with zero attached hydrogens (tertiary/aromatic N) is 3.